The molecule has 19 heteroatoms. The van der Waals surface area contributed by atoms with Crippen LogP contribution in [0.1, 0.15) is 12.5 Å². The monoisotopic (exact) mass is 689 g/mol. The van der Waals surface area contributed by atoms with Crippen molar-refractivity contribution in [3.05, 3.63) is 59.1 Å². The molecule has 0 fully saturated rings. The van der Waals surface area contributed by atoms with Gasteiger partial charge in [0.15, 0.2) is 11.9 Å². The Morgan fingerprint density at radius 1 is 0.867 bits per heavy atom. The minimum Gasteiger partial charge on any atom is -0.492 e. The Morgan fingerprint density at radius 2 is 1.44 bits per heavy atom. The molecular formula is C26H23ClF11NO6. The van der Waals surface area contributed by atoms with Gasteiger partial charge in [0.25, 0.3) is 0 Å². The maximum absolute atomic E-state index is 14.6. The highest BCUT2D eigenvalue weighted by Gasteiger charge is 2.87. The van der Waals surface area contributed by atoms with Crippen LogP contribution in [0.4, 0.5) is 53.1 Å². The van der Waals surface area contributed by atoms with Crippen molar-refractivity contribution in [2.75, 3.05) is 26.3 Å². The van der Waals surface area contributed by atoms with Crippen LogP contribution in [0.2, 0.25) is 5.02 Å². The van der Waals surface area contributed by atoms with Crippen LogP contribution in [-0.4, -0.2) is 84.3 Å². The van der Waals surface area contributed by atoms with E-state index in [1.165, 1.54) is 36.4 Å². The largest absolute Gasteiger partial charge is 0.492 e. The van der Waals surface area contributed by atoms with Crippen LogP contribution in [0.3, 0.4) is 0 Å². The topological polar surface area (TPSA) is 85.3 Å². The molecule has 0 spiro atoms. The molecule has 2 aromatic carbocycles. The van der Waals surface area contributed by atoms with Gasteiger partial charge >= 0.3 is 41.9 Å². The minimum absolute atomic E-state index is 0.0603. The smallest absolute Gasteiger partial charge is 0.460 e. The van der Waals surface area contributed by atoms with Gasteiger partial charge in [0.1, 0.15) is 12.4 Å². The number of carbonyl (C=O) groups is 2. The normalized spacial score (nSPS) is 13.7. The van der Waals surface area contributed by atoms with Gasteiger partial charge in [-0.25, -0.2) is 9.59 Å². The Morgan fingerprint density at radius 3 is 1.96 bits per heavy atom. The molecule has 0 aliphatic carbocycles. The van der Waals surface area contributed by atoms with Crippen molar-refractivity contribution in [2.24, 2.45) is 0 Å². The molecule has 0 aromatic heterocycles. The van der Waals surface area contributed by atoms with Crippen molar-refractivity contribution < 1.29 is 77.2 Å². The number of carboxylic acid groups (broad SMARTS) is 1. The highest BCUT2D eigenvalue weighted by molar-refractivity contribution is 6.32. The van der Waals surface area contributed by atoms with Gasteiger partial charge in [0.05, 0.1) is 18.1 Å². The van der Waals surface area contributed by atoms with Crippen LogP contribution >= 0.6 is 11.6 Å². The molecule has 1 unspecified atom stereocenters. The van der Waals surface area contributed by atoms with E-state index in [4.69, 9.17) is 30.9 Å². The number of hydrogen-bond donors (Lipinski definition) is 1. The predicted octanol–water partition coefficient (Wildman–Crippen LogP) is 7.36. The summed E-state index contributed by atoms with van der Waals surface area (Å²) in [5.74, 6) is -30.9. The first kappa shape index (κ1) is 37.6. The number of para-hydroxylation sites is 1. The first-order valence-corrected chi connectivity index (χ1v) is 12.8. The molecule has 1 amide bonds. The molecule has 0 aliphatic rings. The lowest BCUT2D eigenvalue weighted by atomic mass is 9.97. The number of benzene rings is 2. The summed E-state index contributed by atoms with van der Waals surface area (Å²) in [6.45, 7) is -3.20. The summed E-state index contributed by atoms with van der Waals surface area (Å²) in [5, 5.41) is 8.85. The minimum atomic E-state index is -7.67. The number of amides is 1. The van der Waals surface area contributed by atoms with Crippen molar-refractivity contribution in [1.82, 2.24) is 4.90 Å². The number of carbonyl (C=O) groups excluding carboxylic acids is 1. The lowest BCUT2D eigenvalue weighted by Gasteiger charge is -2.38. The Bertz CT molecular complexity index is 1310. The highest BCUT2D eigenvalue weighted by atomic mass is 35.5. The third-order valence-electron chi connectivity index (χ3n) is 5.90. The first-order chi connectivity index (χ1) is 20.6. The second-order valence-electron chi connectivity index (χ2n) is 9.12. The zero-order chi connectivity index (χ0) is 34.4. The molecule has 2 aromatic rings. The lowest BCUT2D eigenvalue weighted by Crippen LogP contribution is -2.68. The maximum Gasteiger partial charge on any atom is 0.460 e. The molecular weight excluding hydrogens is 667 g/mol. The zero-order valence-electron chi connectivity index (χ0n) is 22.7. The third-order valence-corrected chi connectivity index (χ3v) is 6.22. The van der Waals surface area contributed by atoms with Crippen LogP contribution < -0.4 is 9.47 Å². The van der Waals surface area contributed by atoms with Crippen LogP contribution in [0.25, 0.3) is 0 Å². The molecule has 0 saturated heterocycles. The molecule has 7 nitrogen and oxygen atoms in total. The van der Waals surface area contributed by atoms with Crippen LogP contribution in [-0.2, 0) is 16.0 Å². The summed E-state index contributed by atoms with van der Waals surface area (Å²) in [6, 6.07) is 9.91. The fourth-order valence-corrected chi connectivity index (χ4v) is 3.67. The highest BCUT2D eigenvalue weighted by Crippen LogP contribution is 2.57. The number of ether oxygens (including phenoxy) is 3. The van der Waals surface area contributed by atoms with Gasteiger partial charge in [-0.1, -0.05) is 35.9 Å². The molecule has 0 aliphatic heterocycles. The van der Waals surface area contributed by atoms with Gasteiger partial charge < -0.3 is 19.3 Å². The Hall–Kier alpha value is -3.54. The summed E-state index contributed by atoms with van der Waals surface area (Å²) in [7, 11) is 0. The van der Waals surface area contributed by atoms with Crippen molar-refractivity contribution in [3.8, 4) is 11.5 Å². The Kier molecular flexibility index (Phi) is 11.9. The summed E-state index contributed by atoms with van der Waals surface area (Å²) < 4.78 is 164. The Balaban J connectivity index is 2.29. The van der Waals surface area contributed by atoms with Gasteiger partial charge in [-0.2, -0.15) is 48.3 Å². The zero-order valence-corrected chi connectivity index (χ0v) is 23.5. The Labute approximate surface area is 252 Å². The molecule has 0 radical (unpaired) electrons. The van der Waals surface area contributed by atoms with Gasteiger partial charge in [-0.15, -0.1) is 0 Å². The number of halogens is 12. The van der Waals surface area contributed by atoms with E-state index in [2.05, 4.69) is 0 Å². The van der Waals surface area contributed by atoms with Gasteiger partial charge in [-0.3, -0.25) is 4.90 Å². The van der Waals surface area contributed by atoms with E-state index in [1.807, 2.05) is 0 Å². The van der Waals surface area contributed by atoms with E-state index in [0.717, 1.165) is 12.1 Å². The SMILES string of the molecule is CCOC(Cc1ccc(OCCN(CC(F)(F)C(F)(F)C(F)(F)C(F)(F)C(F)(F)F)C(=O)Oc2ccccc2Cl)cc1)C(=O)O. The van der Waals surface area contributed by atoms with Gasteiger partial charge in [0.2, 0.25) is 0 Å². The average molecular weight is 690 g/mol. The average Bonchev–Trinajstić information content (AvgIpc) is 2.93. The fraction of sp³-hybridized carbons (Fsp3) is 0.462. The number of rotatable bonds is 15. The standard InChI is InChI=1S/C26H23ClF11NO6/c1-2-43-19(20(40)41)13-15-7-9-16(10-8-15)44-12-11-39(21(42)45-18-6-4-3-5-17(18)27)14-22(28,29)23(30,31)24(32,33)25(34,35)26(36,37)38/h3-10,19H,2,11-14H2,1H3,(H,40,41). The number of carboxylic acids is 1. The summed E-state index contributed by atoms with van der Waals surface area (Å²) >= 11 is 5.78. The van der Waals surface area contributed by atoms with Crippen molar-refractivity contribution in [3.63, 3.8) is 0 Å². The number of hydrogen-bond acceptors (Lipinski definition) is 5. The first-order valence-electron chi connectivity index (χ1n) is 12.4. The van der Waals surface area contributed by atoms with E-state index in [-0.39, 0.29) is 28.7 Å². The van der Waals surface area contributed by atoms with Crippen molar-refractivity contribution >= 4 is 23.7 Å². The van der Waals surface area contributed by atoms with Crippen molar-refractivity contribution in [1.29, 1.82) is 0 Å². The molecule has 252 valence electrons. The van der Waals surface area contributed by atoms with Crippen LogP contribution in [0, 0.1) is 0 Å². The number of aliphatic carboxylic acids is 1. The van der Waals surface area contributed by atoms with E-state index < -0.39 is 73.5 Å². The quantitative estimate of drug-likeness (QED) is 0.197. The van der Waals surface area contributed by atoms with Gasteiger partial charge in [-0.05, 0) is 36.8 Å². The van der Waals surface area contributed by atoms with E-state index >= 15 is 0 Å². The van der Waals surface area contributed by atoms with E-state index in [9.17, 15) is 57.9 Å². The summed E-state index contributed by atoms with van der Waals surface area (Å²) in [6.07, 6.45) is -10.6. The molecule has 0 heterocycles. The second-order valence-corrected chi connectivity index (χ2v) is 9.53. The molecule has 0 bridgehead atoms. The predicted molar refractivity (Wildman–Crippen MR) is 134 cm³/mol. The molecule has 0 saturated carbocycles. The van der Waals surface area contributed by atoms with Gasteiger partial charge in [0, 0.05) is 13.0 Å². The summed E-state index contributed by atoms with van der Waals surface area (Å²) in [5.41, 5.74) is 0.437. The van der Waals surface area contributed by atoms with Crippen LogP contribution in [0.5, 0.6) is 11.5 Å². The maximum atomic E-state index is 14.6. The lowest BCUT2D eigenvalue weighted by molar-refractivity contribution is -0.422. The third kappa shape index (κ3) is 8.59. The number of alkyl halides is 11. The summed E-state index contributed by atoms with van der Waals surface area (Å²) in [4.78, 5) is 23.5. The molecule has 1 N–H and O–H groups in total. The van der Waals surface area contributed by atoms with E-state index in [0.29, 0.717) is 5.56 Å². The molecule has 2 rings (SSSR count). The molecule has 45 heavy (non-hydrogen) atoms. The van der Waals surface area contributed by atoms with Crippen LogP contribution in [0.15, 0.2) is 48.5 Å². The van der Waals surface area contributed by atoms with Crippen molar-refractivity contribution in [2.45, 2.75) is 49.3 Å². The number of nitrogens with zero attached hydrogens (tertiary/aromatic N) is 1. The second kappa shape index (κ2) is 14.3. The fourth-order valence-electron chi connectivity index (χ4n) is 3.49. The molecule has 1 atom stereocenters. The van der Waals surface area contributed by atoms with E-state index in [1.54, 1.807) is 6.92 Å².